The molecule has 0 aliphatic heterocycles. The second-order valence-corrected chi connectivity index (χ2v) is 4.37. The second kappa shape index (κ2) is 7.71. The van der Waals surface area contributed by atoms with Gasteiger partial charge in [-0.25, -0.2) is 4.79 Å². The van der Waals surface area contributed by atoms with Crippen molar-refractivity contribution in [3.05, 3.63) is 30.3 Å². The molecule has 0 spiro atoms. The van der Waals surface area contributed by atoms with Gasteiger partial charge in [0, 0.05) is 19.1 Å². The van der Waals surface area contributed by atoms with Gasteiger partial charge in [0.2, 0.25) is 0 Å². The van der Waals surface area contributed by atoms with E-state index in [1.165, 1.54) is 0 Å². The minimum atomic E-state index is -0.404. The highest BCUT2D eigenvalue weighted by molar-refractivity contribution is 5.70. The Morgan fingerprint density at radius 2 is 2.06 bits per heavy atom. The second-order valence-electron chi connectivity index (χ2n) is 4.37. The summed E-state index contributed by atoms with van der Waals surface area (Å²) in [7, 11) is 2.05. The Morgan fingerprint density at radius 3 is 2.67 bits per heavy atom. The van der Waals surface area contributed by atoms with Crippen LogP contribution in [0.4, 0.5) is 4.79 Å². The highest BCUT2D eigenvalue weighted by Crippen LogP contribution is 2.07. The molecule has 1 atom stereocenters. The monoisotopic (exact) mass is 250 g/mol. The summed E-state index contributed by atoms with van der Waals surface area (Å²) in [5.74, 6) is 0.560. The maximum Gasteiger partial charge on any atom is 0.412 e. The van der Waals surface area contributed by atoms with Crippen LogP contribution >= 0.6 is 0 Å². The molecule has 1 N–H and O–H groups in total. The number of likely N-dealkylation sites (N-methyl/N-ethyl adjacent to an activating group) is 1. The van der Waals surface area contributed by atoms with E-state index in [0.29, 0.717) is 18.3 Å². The average molecular weight is 250 g/mol. The fraction of sp³-hybridized carbons (Fsp3) is 0.500. The summed E-state index contributed by atoms with van der Waals surface area (Å²) < 4.78 is 5.11. The van der Waals surface area contributed by atoms with Crippen LogP contribution < -0.4 is 10.1 Å². The number of nitrogens with zero attached hydrogens (tertiary/aromatic N) is 1. The molecule has 1 unspecified atom stereocenters. The van der Waals surface area contributed by atoms with Crippen LogP contribution in [0, 0.1) is 0 Å². The average Bonchev–Trinajstić information content (AvgIpc) is 2.38. The Hall–Kier alpha value is -1.55. The normalized spacial score (nSPS) is 12.2. The third-order valence-corrected chi connectivity index (χ3v) is 3.03. The van der Waals surface area contributed by atoms with E-state index in [-0.39, 0.29) is 0 Å². The van der Waals surface area contributed by atoms with Gasteiger partial charge in [0.05, 0.1) is 0 Å². The van der Waals surface area contributed by atoms with Crippen LogP contribution in [0.3, 0.4) is 0 Å². The van der Waals surface area contributed by atoms with Crippen molar-refractivity contribution in [1.82, 2.24) is 10.2 Å². The lowest BCUT2D eigenvalue weighted by molar-refractivity contribution is 0.195. The molecule has 0 aliphatic carbocycles. The standard InChI is InChI=1S/C14H22N2O2/c1-4-12(2)16(3)11-10-15-14(17)18-13-8-6-5-7-9-13/h5-9,12H,4,10-11H2,1-3H3,(H,15,17). The third kappa shape index (κ3) is 5.19. The Kier molecular flexibility index (Phi) is 6.22. The zero-order chi connectivity index (χ0) is 13.4. The molecule has 100 valence electrons. The Balaban J connectivity index is 2.22. The van der Waals surface area contributed by atoms with Crippen molar-refractivity contribution in [2.45, 2.75) is 26.3 Å². The minimum absolute atomic E-state index is 0.404. The van der Waals surface area contributed by atoms with Crippen LogP contribution in [0.5, 0.6) is 5.75 Å². The van der Waals surface area contributed by atoms with Gasteiger partial charge in [-0.3, -0.25) is 0 Å². The number of ether oxygens (including phenoxy) is 1. The van der Waals surface area contributed by atoms with Gasteiger partial charge >= 0.3 is 6.09 Å². The molecule has 1 rings (SSSR count). The van der Waals surface area contributed by atoms with Gasteiger partial charge in [0.1, 0.15) is 5.75 Å². The smallest absolute Gasteiger partial charge is 0.410 e. The number of benzene rings is 1. The number of hydrogen-bond donors (Lipinski definition) is 1. The molecule has 18 heavy (non-hydrogen) atoms. The first-order valence-corrected chi connectivity index (χ1v) is 6.34. The van der Waals surface area contributed by atoms with E-state index in [1.807, 2.05) is 18.2 Å². The third-order valence-electron chi connectivity index (χ3n) is 3.03. The SMILES string of the molecule is CCC(C)N(C)CCNC(=O)Oc1ccccc1. The number of hydrogen-bond acceptors (Lipinski definition) is 3. The molecule has 1 amide bonds. The molecule has 1 aromatic carbocycles. The molecule has 0 saturated heterocycles. The maximum absolute atomic E-state index is 11.5. The summed E-state index contributed by atoms with van der Waals surface area (Å²) in [6, 6.07) is 9.58. The number of nitrogens with one attached hydrogen (secondary N) is 1. The lowest BCUT2D eigenvalue weighted by Gasteiger charge is -2.23. The Morgan fingerprint density at radius 1 is 1.39 bits per heavy atom. The van der Waals surface area contributed by atoms with Gasteiger partial charge in [-0.1, -0.05) is 25.1 Å². The van der Waals surface area contributed by atoms with Crippen LogP contribution in [0.2, 0.25) is 0 Å². The van der Waals surface area contributed by atoms with Gasteiger partial charge < -0.3 is 15.0 Å². The molecule has 0 aromatic heterocycles. The summed E-state index contributed by atoms with van der Waals surface area (Å²) in [6.45, 7) is 5.73. The first-order valence-electron chi connectivity index (χ1n) is 6.34. The molecule has 4 nitrogen and oxygen atoms in total. The number of carbonyl (C=O) groups excluding carboxylic acids is 1. The summed E-state index contributed by atoms with van der Waals surface area (Å²) in [4.78, 5) is 13.7. The lowest BCUT2D eigenvalue weighted by atomic mass is 10.2. The Bertz CT molecular complexity index is 354. The van der Waals surface area contributed by atoms with Crippen molar-refractivity contribution in [3.63, 3.8) is 0 Å². The zero-order valence-electron chi connectivity index (χ0n) is 11.3. The van der Waals surface area contributed by atoms with E-state index >= 15 is 0 Å². The van der Waals surface area contributed by atoms with Crippen molar-refractivity contribution in [2.75, 3.05) is 20.1 Å². The van der Waals surface area contributed by atoms with E-state index in [2.05, 4.69) is 31.1 Å². The van der Waals surface area contributed by atoms with Crippen molar-refractivity contribution >= 4 is 6.09 Å². The van der Waals surface area contributed by atoms with E-state index in [0.717, 1.165) is 13.0 Å². The van der Waals surface area contributed by atoms with Crippen LogP contribution in [0.15, 0.2) is 30.3 Å². The molecule has 0 fully saturated rings. The number of rotatable bonds is 6. The first-order chi connectivity index (χ1) is 8.63. The molecule has 0 radical (unpaired) electrons. The van der Waals surface area contributed by atoms with Gasteiger partial charge in [0.25, 0.3) is 0 Å². The van der Waals surface area contributed by atoms with E-state index < -0.39 is 6.09 Å². The fourth-order valence-electron chi connectivity index (χ4n) is 1.50. The van der Waals surface area contributed by atoms with Gasteiger partial charge in [0.15, 0.2) is 0 Å². The van der Waals surface area contributed by atoms with E-state index in [1.54, 1.807) is 12.1 Å². The molecule has 0 heterocycles. The minimum Gasteiger partial charge on any atom is -0.410 e. The lowest BCUT2D eigenvalue weighted by Crippen LogP contribution is -2.38. The predicted octanol–water partition coefficient (Wildman–Crippen LogP) is 2.51. The zero-order valence-corrected chi connectivity index (χ0v) is 11.3. The first kappa shape index (κ1) is 14.5. The van der Waals surface area contributed by atoms with Crippen LogP contribution in [-0.4, -0.2) is 37.2 Å². The number of amides is 1. The van der Waals surface area contributed by atoms with Crippen LogP contribution in [-0.2, 0) is 0 Å². The number of para-hydroxylation sites is 1. The maximum atomic E-state index is 11.5. The quantitative estimate of drug-likeness (QED) is 0.843. The summed E-state index contributed by atoms with van der Waals surface area (Å²) in [5, 5.41) is 2.74. The number of carbonyl (C=O) groups is 1. The van der Waals surface area contributed by atoms with Crippen LogP contribution in [0.25, 0.3) is 0 Å². The Labute approximate surface area is 109 Å². The highest BCUT2D eigenvalue weighted by atomic mass is 16.5. The molecule has 0 saturated carbocycles. The molecular formula is C14H22N2O2. The van der Waals surface area contributed by atoms with Crippen molar-refractivity contribution in [2.24, 2.45) is 0 Å². The highest BCUT2D eigenvalue weighted by Gasteiger charge is 2.07. The van der Waals surface area contributed by atoms with Crippen molar-refractivity contribution in [3.8, 4) is 5.75 Å². The van der Waals surface area contributed by atoms with Crippen LogP contribution in [0.1, 0.15) is 20.3 Å². The molecule has 1 aromatic rings. The predicted molar refractivity (Wildman–Crippen MR) is 72.9 cm³/mol. The topological polar surface area (TPSA) is 41.6 Å². The summed E-state index contributed by atoms with van der Waals surface area (Å²) in [6.07, 6.45) is 0.698. The summed E-state index contributed by atoms with van der Waals surface area (Å²) in [5.41, 5.74) is 0. The molecular weight excluding hydrogens is 228 g/mol. The van der Waals surface area contributed by atoms with Gasteiger partial charge in [-0.15, -0.1) is 0 Å². The molecule has 4 heteroatoms. The van der Waals surface area contributed by atoms with Gasteiger partial charge in [-0.05, 0) is 32.5 Å². The van der Waals surface area contributed by atoms with E-state index in [4.69, 9.17) is 4.74 Å². The summed E-state index contributed by atoms with van der Waals surface area (Å²) >= 11 is 0. The van der Waals surface area contributed by atoms with E-state index in [9.17, 15) is 4.79 Å². The fourth-order valence-corrected chi connectivity index (χ4v) is 1.50. The largest absolute Gasteiger partial charge is 0.412 e. The van der Waals surface area contributed by atoms with Gasteiger partial charge in [-0.2, -0.15) is 0 Å². The molecule has 0 bridgehead atoms. The van der Waals surface area contributed by atoms with Crippen molar-refractivity contribution < 1.29 is 9.53 Å². The molecule has 0 aliphatic rings. The van der Waals surface area contributed by atoms with Crippen molar-refractivity contribution in [1.29, 1.82) is 0 Å².